The number of pyridine rings is 2. The van der Waals surface area contributed by atoms with Crippen molar-refractivity contribution in [2.24, 2.45) is 0 Å². The highest BCUT2D eigenvalue weighted by atomic mass is 16.6. The van der Waals surface area contributed by atoms with Crippen LogP contribution >= 0.6 is 0 Å². The molecule has 1 aliphatic carbocycles. The zero-order valence-corrected chi connectivity index (χ0v) is 18.7. The van der Waals surface area contributed by atoms with Crippen molar-refractivity contribution in [3.05, 3.63) is 52.8 Å². The van der Waals surface area contributed by atoms with Crippen molar-refractivity contribution in [2.45, 2.75) is 38.3 Å². The van der Waals surface area contributed by atoms with E-state index >= 15 is 0 Å². The number of H-pyrrole nitrogens is 1. The van der Waals surface area contributed by atoms with Crippen LogP contribution in [0.5, 0.6) is 0 Å². The Balaban J connectivity index is 1.50. The van der Waals surface area contributed by atoms with Gasteiger partial charge >= 0.3 is 5.69 Å². The Morgan fingerprint density at radius 2 is 2.03 bits per heavy atom. The number of aldehydes is 1. The maximum atomic E-state index is 13.6. The summed E-state index contributed by atoms with van der Waals surface area (Å²) in [6, 6.07) is 3.90. The molecule has 4 aromatic rings. The van der Waals surface area contributed by atoms with Gasteiger partial charge < -0.3 is 14.5 Å². The largest absolute Gasteiger partial charge is 0.376 e. The molecule has 9 heteroatoms. The van der Waals surface area contributed by atoms with Gasteiger partial charge in [-0.3, -0.25) is 9.36 Å². The number of aromatic amines is 1. The Hall–Kier alpha value is -3.56. The van der Waals surface area contributed by atoms with E-state index in [1.165, 1.54) is 0 Å². The average Bonchev–Trinajstić information content (AvgIpc) is 3.42. The number of nitrogens with zero attached hydrogens (tertiary/aromatic N) is 4. The fourth-order valence-corrected chi connectivity index (χ4v) is 4.87. The molecule has 6 rings (SSSR count). The Morgan fingerprint density at radius 3 is 2.82 bits per heavy atom. The number of ether oxygens (including phenoxy) is 2. The topological polar surface area (TPSA) is 104 Å². The molecule has 0 bridgehead atoms. The van der Waals surface area contributed by atoms with Crippen molar-refractivity contribution < 1.29 is 14.3 Å². The molecule has 9 nitrogen and oxygen atoms in total. The van der Waals surface area contributed by atoms with Crippen LogP contribution in [0.3, 0.4) is 0 Å². The number of imidazole rings is 1. The molecule has 0 spiro atoms. The molecule has 0 amide bonds. The lowest BCUT2D eigenvalue weighted by Crippen LogP contribution is -2.36. The summed E-state index contributed by atoms with van der Waals surface area (Å²) in [6.07, 6.45) is 12.0. The number of hydrogen-bond donors (Lipinski definition) is 1. The van der Waals surface area contributed by atoms with E-state index in [1.54, 1.807) is 27.7 Å². The molecule has 0 unspecified atom stereocenters. The normalized spacial score (nSPS) is 18.9. The number of carbonyl (C=O) groups is 1. The summed E-state index contributed by atoms with van der Waals surface area (Å²) in [7, 11) is 0. The second-order valence-electron chi connectivity index (χ2n) is 8.79. The molecule has 1 fully saturated rings. The van der Waals surface area contributed by atoms with Crippen LogP contribution in [-0.2, 0) is 16.0 Å². The predicted molar refractivity (Wildman–Crippen MR) is 128 cm³/mol. The molecule has 1 N–H and O–H groups in total. The van der Waals surface area contributed by atoms with Gasteiger partial charge in [-0.2, -0.15) is 0 Å². The zero-order chi connectivity index (χ0) is 23.1. The van der Waals surface area contributed by atoms with E-state index in [-0.39, 0.29) is 11.8 Å². The first-order chi connectivity index (χ1) is 16.7. The smallest absolute Gasteiger partial charge is 0.334 e. The van der Waals surface area contributed by atoms with Crippen molar-refractivity contribution in [3.8, 4) is 11.1 Å². The Kier molecular flexibility index (Phi) is 5.35. The monoisotopic (exact) mass is 459 g/mol. The third kappa shape index (κ3) is 3.57. The number of nitrogens with one attached hydrogen (secondary N) is 1. The van der Waals surface area contributed by atoms with Crippen molar-refractivity contribution in [2.75, 3.05) is 19.8 Å². The van der Waals surface area contributed by atoms with E-state index in [0.717, 1.165) is 59.7 Å². The molecule has 34 heavy (non-hydrogen) atoms. The number of carbonyl (C=O) groups excluding carboxylic acids is 1. The van der Waals surface area contributed by atoms with Crippen molar-refractivity contribution in [1.82, 2.24) is 24.1 Å². The first kappa shape index (κ1) is 21.0. The van der Waals surface area contributed by atoms with Crippen LogP contribution in [0.15, 0.2) is 41.6 Å². The number of aromatic nitrogens is 5. The highest BCUT2D eigenvalue weighted by Gasteiger charge is 2.23. The van der Waals surface area contributed by atoms with Gasteiger partial charge in [0.15, 0.2) is 11.9 Å². The minimum atomic E-state index is -0.192. The maximum Gasteiger partial charge on any atom is 0.334 e. The average molecular weight is 460 g/mol. The summed E-state index contributed by atoms with van der Waals surface area (Å²) in [5.74, 6) is 0. The van der Waals surface area contributed by atoms with Crippen molar-refractivity contribution in [1.29, 1.82) is 0 Å². The molecule has 0 radical (unpaired) electrons. The molecule has 5 heterocycles. The quantitative estimate of drug-likeness (QED) is 0.459. The maximum absolute atomic E-state index is 13.6. The van der Waals surface area contributed by atoms with Gasteiger partial charge in [-0.1, -0.05) is 6.08 Å². The van der Waals surface area contributed by atoms with Crippen LogP contribution in [0.4, 0.5) is 0 Å². The van der Waals surface area contributed by atoms with Gasteiger partial charge in [0.2, 0.25) is 0 Å². The zero-order valence-electron chi connectivity index (χ0n) is 18.7. The van der Waals surface area contributed by atoms with Gasteiger partial charge in [-0.25, -0.2) is 19.3 Å². The number of rotatable bonds is 5. The predicted octanol–water partition coefficient (Wildman–Crippen LogP) is 3.38. The fourth-order valence-electron chi connectivity index (χ4n) is 4.87. The Bertz CT molecular complexity index is 1470. The van der Waals surface area contributed by atoms with Crippen LogP contribution in [0.25, 0.3) is 39.0 Å². The van der Waals surface area contributed by atoms with Gasteiger partial charge in [0.1, 0.15) is 5.65 Å². The van der Waals surface area contributed by atoms with Crippen LogP contribution < -0.4 is 5.69 Å². The minimum Gasteiger partial charge on any atom is -0.376 e. The van der Waals surface area contributed by atoms with E-state index in [0.29, 0.717) is 43.2 Å². The van der Waals surface area contributed by atoms with Gasteiger partial charge in [-0.15, -0.1) is 0 Å². The first-order valence-corrected chi connectivity index (χ1v) is 11.7. The third-order valence-corrected chi connectivity index (χ3v) is 6.62. The lowest BCUT2D eigenvalue weighted by molar-refractivity contribution is -0.0935. The molecule has 4 aromatic heterocycles. The molecule has 0 aromatic carbocycles. The van der Waals surface area contributed by atoms with E-state index in [4.69, 9.17) is 14.5 Å². The lowest BCUT2D eigenvalue weighted by atomic mass is 10.0. The van der Waals surface area contributed by atoms with Gasteiger partial charge in [0.05, 0.1) is 38.0 Å². The highest BCUT2D eigenvalue weighted by molar-refractivity contribution is 5.97. The highest BCUT2D eigenvalue weighted by Crippen LogP contribution is 2.29. The fraction of sp³-hybridized carbons (Fsp3) is 0.360. The second-order valence-corrected chi connectivity index (χ2v) is 8.79. The molecular formula is C25H25N5O4. The molecule has 1 atom stereocenters. The summed E-state index contributed by atoms with van der Waals surface area (Å²) < 4.78 is 14.9. The summed E-state index contributed by atoms with van der Waals surface area (Å²) >= 11 is 0. The molecule has 1 aliphatic heterocycles. The summed E-state index contributed by atoms with van der Waals surface area (Å²) in [4.78, 5) is 37.2. The number of fused-ring (bicyclic) bond motifs is 2. The van der Waals surface area contributed by atoms with Gasteiger partial charge in [0, 0.05) is 46.4 Å². The molecule has 0 saturated carbocycles. The van der Waals surface area contributed by atoms with Crippen molar-refractivity contribution >= 4 is 34.2 Å². The van der Waals surface area contributed by atoms with Crippen LogP contribution in [0.2, 0.25) is 0 Å². The Morgan fingerprint density at radius 1 is 1.15 bits per heavy atom. The van der Waals surface area contributed by atoms with E-state index in [1.807, 2.05) is 12.1 Å². The minimum absolute atomic E-state index is 0.107. The molecular weight excluding hydrogens is 434 g/mol. The standard InChI is InChI=1S/C25H25N5O4/c31-14-18-12-27-23-21(18)8-16(10-26-23)17-9-22-24(28-11-17)30(19-4-2-1-3-5-19)25(32)29(22)13-20-15-33-6-7-34-20/h4,8-12,14,20H,1-3,5-7,13,15H2,(H,26,27)/t20-/m0/s1. The second kappa shape index (κ2) is 8.66. The summed E-state index contributed by atoms with van der Waals surface area (Å²) in [6.45, 7) is 1.94. The van der Waals surface area contributed by atoms with Crippen molar-refractivity contribution in [3.63, 3.8) is 0 Å². The summed E-state index contributed by atoms with van der Waals surface area (Å²) in [5.41, 5.74) is 5.14. The van der Waals surface area contributed by atoms with E-state index in [9.17, 15) is 9.59 Å². The third-order valence-electron chi connectivity index (χ3n) is 6.62. The van der Waals surface area contributed by atoms with Gasteiger partial charge in [-0.05, 0) is 37.8 Å². The number of hydrogen-bond acceptors (Lipinski definition) is 6. The first-order valence-electron chi connectivity index (χ1n) is 11.7. The van der Waals surface area contributed by atoms with Crippen LogP contribution in [-0.4, -0.2) is 56.3 Å². The lowest BCUT2D eigenvalue weighted by Gasteiger charge is -2.23. The Labute approximate surface area is 195 Å². The SMILES string of the molecule is O=Cc1c[nH]c2ncc(-c3cnc4c(c3)n(C[C@H]3COCCO3)c(=O)n4C3=CCCCC3)cc12. The van der Waals surface area contributed by atoms with E-state index in [2.05, 4.69) is 16.0 Å². The molecule has 2 aliphatic rings. The summed E-state index contributed by atoms with van der Waals surface area (Å²) in [5, 5.41) is 0.752. The van der Waals surface area contributed by atoms with Gasteiger partial charge in [0.25, 0.3) is 0 Å². The van der Waals surface area contributed by atoms with E-state index < -0.39 is 0 Å². The number of allylic oxidation sites excluding steroid dienone is 2. The molecule has 174 valence electrons. The van der Waals surface area contributed by atoms with Crippen LogP contribution in [0.1, 0.15) is 36.0 Å². The molecule has 1 saturated heterocycles. The van der Waals surface area contributed by atoms with Crippen LogP contribution in [0, 0.1) is 0 Å².